The largest absolute Gasteiger partial charge is 0.451 e. The van der Waals surface area contributed by atoms with Crippen LogP contribution in [0, 0.1) is 0 Å². The van der Waals surface area contributed by atoms with Crippen LogP contribution < -0.4 is 5.56 Å². The third-order valence-electron chi connectivity index (χ3n) is 5.91. The van der Waals surface area contributed by atoms with Gasteiger partial charge >= 0.3 is 5.97 Å². The van der Waals surface area contributed by atoms with Gasteiger partial charge in [-0.2, -0.15) is 5.10 Å². The zero-order valence-corrected chi connectivity index (χ0v) is 20.3. The number of nitrogens with zero attached hydrogens (tertiary/aromatic N) is 3. The summed E-state index contributed by atoms with van der Waals surface area (Å²) < 4.78 is 6.71. The highest BCUT2D eigenvalue weighted by Gasteiger charge is 2.21. The van der Waals surface area contributed by atoms with Gasteiger partial charge in [0.2, 0.25) is 0 Å². The number of aromatic nitrogens is 2. The van der Waals surface area contributed by atoms with E-state index in [1.807, 2.05) is 67.6 Å². The molecule has 1 heterocycles. The van der Waals surface area contributed by atoms with Crippen LogP contribution in [-0.4, -0.2) is 39.7 Å². The fourth-order valence-corrected chi connectivity index (χ4v) is 4.04. The van der Waals surface area contributed by atoms with Gasteiger partial charge in [0.1, 0.15) is 0 Å². The molecule has 4 aromatic rings. The molecule has 0 saturated heterocycles. The normalized spacial score (nSPS) is 10.8. The van der Waals surface area contributed by atoms with Crippen molar-refractivity contribution in [1.29, 1.82) is 0 Å². The Bertz CT molecular complexity index is 1380. The van der Waals surface area contributed by atoms with E-state index < -0.39 is 12.6 Å². The summed E-state index contributed by atoms with van der Waals surface area (Å²) in [6.07, 6.45) is 1.37. The van der Waals surface area contributed by atoms with Gasteiger partial charge in [-0.1, -0.05) is 85.8 Å². The van der Waals surface area contributed by atoms with Crippen LogP contribution in [0.1, 0.15) is 35.0 Å². The molecule has 0 aliphatic rings. The standard InChI is InChI=1S/C29H29N3O4/c1-2-18-32-28(34)25-16-10-9-15-24(25)27(30-32)29(35)36-21-26(33)31(20-23-13-7-4-8-14-23)19-17-22-11-5-3-6-12-22/h3-16H,2,17-21H2,1H3. The molecule has 0 unspecified atom stereocenters. The van der Waals surface area contributed by atoms with E-state index in [0.717, 1.165) is 11.1 Å². The molecule has 0 N–H and O–H groups in total. The van der Waals surface area contributed by atoms with Crippen molar-refractivity contribution in [2.45, 2.75) is 32.9 Å². The fourth-order valence-electron chi connectivity index (χ4n) is 4.04. The molecule has 1 aromatic heterocycles. The number of aryl methyl sites for hydroxylation is 1. The highest BCUT2D eigenvalue weighted by atomic mass is 16.5. The molecule has 0 aliphatic carbocycles. The van der Waals surface area contributed by atoms with E-state index in [1.54, 1.807) is 29.2 Å². The summed E-state index contributed by atoms with van der Waals surface area (Å²) in [5.41, 5.74) is 1.89. The van der Waals surface area contributed by atoms with Crippen molar-refractivity contribution >= 4 is 22.6 Å². The summed E-state index contributed by atoms with van der Waals surface area (Å²) in [5.74, 6) is -1.03. The van der Waals surface area contributed by atoms with Gasteiger partial charge in [-0.15, -0.1) is 0 Å². The van der Waals surface area contributed by atoms with E-state index >= 15 is 0 Å². The molecule has 7 heteroatoms. The number of hydrogen-bond donors (Lipinski definition) is 0. The van der Waals surface area contributed by atoms with Crippen molar-refractivity contribution in [3.63, 3.8) is 0 Å². The van der Waals surface area contributed by atoms with Gasteiger partial charge in [-0.3, -0.25) is 9.59 Å². The number of benzene rings is 3. The Morgan fingerprint density at radius 1 is 0.861 bits per heavy atom. The summed E-state index contributed by atoms with van der Waals surface area (Å²) in [4.78, 5) is 40.6. The van der Waals surface area contributed by atoms with Crippen molar-refractivity contribution in [2.24, 2.45) is 0 Å². The molecule has 36 heavy (non-hydrogen) atoms. The molecule has 0 saturated carbocycles. The van der Waals surface area contributed by atoms with Crippen molar-refractivity contribution in [3.05, 3.63) is 112 Å². The lowest BCUT2D eigenvalue weighted by atomic mass is 10.1. The third-order valence-corrected chi connectivity index (χ3v) is 5.91. The third kappa shape index (κ3) is 6.05. The zero-order chi connectivity index (χ0) is 25.3. The van der Waals surface area contributed by atoms with E-state index in [1.165, 1.54) is 4.68 Å². The SMILES string of the molecule is CCCn1nc(C(=O)OCC(=O)N(CCc2ccccc2)Cc2ccccc2)c2ccccc2c1=O. The summed E-state index contributed by atoms with van der Waals surface area (Å²) in [6.45, 7) is 2.79. The van der Waals surface area contributed by atoms with Crippen LogP contribution in [0.5, 0.6) is 0 Å². The highest BCUT2D eigenvalue weighted by molar-refractivity contribution is 6.02. The first-order valence-corrected chi connectivity index (χ1v) is 12.1. The van der Waals surface area contributed by atoms with Gasteiger partial charge in [-0.05, 0) is 30.0 Å². The molecule has 0 bridgehead atoms. The highest BCUT2D eigenvalue weighted by Crippen LogP contribution is 2.15. The molecule has 184 valence electrons. The molecule has 3 aromatic carbocycles. The number of amides is 1. The number of esters is 1. The Labute approximate surface area is 209 Å². The maximum Gasteiger partial charge on any atom is 0.359 e. The molecular formula is C29H29N3O4. The summed E-state index contributed by atoms with van der Waals surface area (Å²) in [6, 6.07) is 26.4. The molecule has 0 atom stereocenters. The lowest BCUT2D eigenvalue weighted by Gasteiger charge is -2.23. The van der Waals surface area contributed by atoms with Crippen molar-refractivity contribution in [1.82, 2.24) is 14.7 Å². The Morgan fingerprint density at radius 2 is 1.47 bits per heavy atom. The van der Waals surface area contributed by atoms with E-state index in [2.05, 4.69) is 5.10 Å². The Hall–Kier alpha value is -4.26. The van der Waals surface area contributed by atoms with E-state index in [0.29, 0.717) is 43.2 Å². The smallest absolute Gasteiger partial charge is 0.359 e. The quantitative estimate of drug-likeness (QED) is 0.315. The number of carbonyl (C=O) groups is 2. The van der Waals surface area contributed by atoms with Gasteiger partial charge in [0.05, 0.1) is 5.39 Å². The lowest BCUT2D eigenvalue weighted by Crippen LogP contribution is -2.36. The second kappa shape index (κ2) is 11.9. The van der Waals surface area contributed by atoms with E-state index in [4.69, 9.17) is 4.74 Å². The number of carbonyl (C=O) groups excluding carboxylic acids is 2. The van der Waals surface area contributed by atoms with Gasteiger partial charge in [-0.25, -0.2) is 9.48 Å². The zero-order valence-electron chi connectivity index (χ0n) is 20.3. The first-order chi connectivity index (χ1) is 17.6. The van der Waals surface area contributed by atoms with Crippen LogP contribution in [0.4, 0.5) is 0 Å². The molecule has 7 nitrogen and oxygen atoms in total. The first kappa shape index (κ1) is 24.9. The van der Waals surface area contributed by atoms with Gasteiger partial charge in [0.15, 0.2) is 12.3 Å². The van der Waals surface area contributed by atoms with Gasteiger partial charge in [0.25, 0.3) is 11.5 Å². The first-order valence-electron chi connectivity index (χ1n) is 12.1. The van der Waals surface area contributed by atoms with Crippen LogP contribution in [0.2, 0.25) is 0 Å². The Kier molecular flexibility index (Phi) is 8.24. The van der Waals surface area contributed by atoms with Crippen molar-refractivity contribution in [2.75, 3.05) is 13.2 Å². The van der Waals surface area contributed by atoms with Crippen LogP contribution in [-0.2, 0) is 29.0 Å². The second-order valence-corrected chi connectivity index (χ2v) is 8.54. The topological polar surface area (TPSA) is 81.5 Å². The predicted octanol–water partition coefficient (Wildman–Crippen LogP) is 4.23. The van der Waals surface area contributed by atoms with Crippen molar-refractivity contribution < 1.29 is 14.3 Å². The summed E-state index contributed by atoms with van der Waals surface area (Å²) >= 11 is 0. The summed E-state index contributed by atoms with van der Waals surface area (Å²) in [7, 11) is 0. The Balaban J connectivity index is 1.51. The number of fused-ring (bicyclic) bond motifs is 1. The number of hydrogen-bond acceptors (Lipinski definition) is 5. The number of rotatable bonds is 10. The van der Waals surface area contributed by atoms with E-state index in [-0.39, 0.29) is 17.2 Å². The molecule has 4 rings (SSSR count). The molecule has 0 aliphatic heterocycles. The lowest BCUT2D eigenvalue weighted by molar-refractivity contribution is -0.135. The monoisotopic (exact) mass is 483 g/mol. The van der Waals surface area contributed by atoms with Crippen LogP contribution in [0.25, 0.3) is 10.8 Å². The minimum Gasteiger partial charge on any atom is -0.451 e. The maximum atomic E-state index is 13.2. The average Bonchev–Trinajstić information content (AvgIpc) is 2.92. The molecular weight excluding hydrogens is 454 g/mol. The summed E-state index contributed by atoms with van der Waals surface area (Å²) in [5, 5.41) is 5.07. The number of ether oxygens (including phenoxy) is 1. The second-order valence-electron chi connectivity index (χ2n) is 8.54. The fraction of sp³-hybridized carbons (Fsp3) is 0.241. The molecule has 0 radical (unpaired) electrons. The average molecular weight is 484 g/mol. The van der Waals surface area contributed by atoms with Gasteiger partial charge in [0, 0.05) is 25.0 Å². The minimum atomic E-state index is -0.730. The minimum absolute atomic E-state index is 0.0327. The van der Waals surface area contributed by atoms with Crippen LogP contribution in [0.15, 0.2) is 89.7 Å². The van der Waals surface area contributed by atoms with E-state index in [9.17, 15) is 14.4 Å². The van der Waals surface area contributed by atoms with Crippen LogP contribution in [0.3, 0.4) is 0 Å². The Morgan fingerprint density at radius 3 is 2.14 bits per heavy atom. The maximum absolute atomic E-state index is 13.2. The van der Waals surface area contributed by atoms with Gasteiger partial charge < -0.3 is 9.64 Å². The van der Waals surface area contributed by atoms with Crippen LogP contribution >= 0.6 is 0 Å². The predicted molar refractivity (Wildman–Crippen MR) is 139 cm³/mol. The van der Waals surface area contributed by atoms with Crippen molar-refractivity contribution in [3.8, 4) is 0 Å². The molecule has 0 fully saturated rings. The molecule has 0 spiro atoms. The molecule has 1 amide bonds.